The summed E-state index contributed by atoms with van der Waals surface area (Å²) in [5.74, 6) is 0. The van der Waals surface area contributed by atoms with Crippen molar-refractivity contribution in [2.75, 3.05) is 13.7 Å². The molecule has 1 unspecified atom stereocenters. The molecule has 19 heavy (non-hydrogen) atoms. The standard InChI is InChI=1S/C16H29BrO2/c1-13(9-10-15(17)16(3,4)18)7-6-8-14(2)11-12-19-5/h7,11,15,18H,6,8-10,12H2,1-5H3. The van der Waals surface area contributed by atoms with E-state index >= 15 is 0 Å². The van der Waals surface area contributed by atoms with Crippen molar-refractivity contribution in [2.45, 2.75) is 63.8 Å². The van der Waals surface area contributed by atoms with Crippen LogP contribution < -0.4 is 0 Å². The number of ether oxygens (including phenoxy) is 1. The van der Waals surface area contributed by atoms with Gasteiger partial charge in [-0.3, -0.25) is 0 Å². The molecule has 0 aliphatic heterocycles. The first-order valence-corrected chi connectivity index (χ1v) is 7.85. The van der Waals surface area contributed by atoms with Gasteiger partial charge >= 0.3 is 0 Å². The van der Waals surface area contributed by atoms with Gasteiger partial charge in [-0.2, -0.15) is 0 Å². The number of rotatable bonds is 9. The molecule has 0 spiro atoms. The maximum Gasteiger partial charge on any atom is 0.0716 e. The summed E-state index contributed by atoms with van der Waals surface area (Å²) in [4.78, 5) is 0.145. The minimum absolute atomic E-state index is 0.145. The predicted molar refractivity (Wildman–Crippen MR) is 86.9 cm³/mol. The fraction of sp³-hybridized carbons (Fsp3) is 0.750. The van der Waals surface area contributed by atoms with E-state index in [0.717, 1.165) is 25.7 Å². The zero-order chi connectivity index (χ0) is 14.9. The summed E-state index contributed by atoms with van der Waals surface area (Å²) in [6.07, 6.45) is 8.59. The van der Waals surface area contributed by atoms with Crippen molar-refractivity contribution in [2.24, 2.45) is 0 Å². The van der Waals surface area contributed by atoms with E-state index in [-0.39, 0.29) is 4.83 Å². The fourth-order valence-corrected chi connectivity index (χ4v) is 1.91. The highest BCUT2D eigenvalue weighted by molar-refractivity contribution is 9.09. The highest BCUT2D eigenvalue weighted by atomic mass is 79.9. The Bertz CT molecular complexity index is 300. The van der Waals surface area contributed by atoms with Gasteiger partial charge in [0.2, 0.25) is 0 Å². The Morgan fingerprint density at radius 2 is 1.79 bits per heavy atom. The molecule has 0 aromatic carbocycles. The van der Waals surface area contributed by atoms with Crippen molar-refractivity contribution in [3.05, 3.63) is 23.3 Å². The summed E-state index contributed by atoms with van der Waals surface area (Å²) in [7, 11) is 1.72. The molecule has 0 heterocycles. The van der Waals surface area contributed by atoms with Gasteiger partial charge in [0.25, 0.3) is 0 Å². The molecule has 0 aromatic rings. The SMILES string of the molecule is COCC=C(C)CCC=C(C)CCC(Br)C(C)(C)O. The maximum atomic E-state index is 9.84. The van der Waals surface area contributed by atoms with Crippen molar-refractivity contribution < 1.29 is 9.84 Å². The van der Waals surface area contributed by atoms with Gasteiger partial charge in [-0.25, -0.2) is 0 Å². The molecular formula is C16H29BrO2. The Balaban J connectivity index is 3.96. The van der Waals surface area contributed by atoms with E-state index in [0.29, 0.717) is 6.61 Å². The summed E-state index contributed by atoms with van der Waals surface area (Å²) in [6, 6.07) is 0. The number of methoxy groups -OCH3 is 1. The average Bonchev–Trinajstić information content (AvgIpc) is 2.32. The van der Waals surface area contributed by atoms with Crippen LogP contribution in [-0.2, 0) is 4.74 Å². The summed E-state index contributed by atoms with van der Waals surface area (Å²) in [6.45, 7) is 8.69. The van der Waals surface area contributed by atoms with Crippen LogP contribution in [-0.4, -0.2) is 29.3 Å². The molecule has 0 aliphatic rings. The minimum Gasteiger partial charge on any atom is -0.389 e. The molecule has 0 aromatic heterocycles. The van der Waals surface area contributed by atoms with Gasteiger partial charge in [-0.05, 0) is 53.4 Å². The monoisotopic (exact) mass is 332 g/mol. The topological polar surface area (TPSA) is 29.5 Å². The lowest BCUT2D eigenvalue weighted by Crippen LogP contribution is -2.31. The van der Waals surface area contributed by atoms with Crippen molar-refractivity contribution in [1.29, 1.82) is 0 Å². The van der Waals surface area contributed by atoms with E-state index in [9.17, 15) is 5.11 Å². The van der Waals surface area contributed by atoms with Gasteiger partial charge in [0.05, 0.1) is 12.2 Å². The smallest absolute Gasteiger partial charge is 0.0716 e. The van der Waals surface area contributed by atoms with Crippen LogP contribution in [0.4, 0.5) is 0 Å². The number of alkyl halides is 1. The van der Waals surface area contributed by atoms with Crippen molar-refractivity contribution in [3.8, 4) is 0 Å². The van der Waals surface area contributed by atoms with E-state index in [1.54, 1.807) is 7.11 Å². The Morgan fingerprint density at radius 3 is 2.32 bits per heavy atom. The van der Waals surface area contributed by atoms with Gasteiger partial charge in [0, 0.05) is 11.9 Å². The lowest BCUT2D eigenvalue weighted by Gasteiger charge is -2.24. The van der Waals surface area contributed by atoms with E-state index in [4.69, 9.17) is 4.74 Å². The van der Waals surface area contributed by atoms with Crippen LogP contribution in [0.15, 0.2) is 23.3 Å². The van der Waals surface area contributed by atoms with Crippen LogP contribution >= 0.6 is 15.9 Å². The third kappa shape index (κ3) is 10.3. The molecule has 0 saturated carbocycles. The van der Waals surface area contributed by atoms with Crippen LogP contribution in [0.1, 0.15) is 53.4 Å². The molecule has 0 fully saturated rings. The quantitative estimate of drug-likeness (QED) is 0.493. The van der Waals surface area contributed by atoms with Crippen molar-refractivity contribution in [1.82, 2.24) is 0 Å². The van der Waals surface area contributed by atoms with E-state index in [1.807, 2.05) is 13.8 Å². The summed E-state index contributed by atoms with van der Waals surface area (Å²) in [5, 5.41) is 9.84. The second-order valence-electron chi connectivity index (χ2n) is 5.75. The third-order valence-electron chi connectivity index (χ3n) is 3.19. The van der Waals surface area contributed by atoms with Crippen molar-refractivity contribution in [3.63, 3.8) is 0 Å². The molecule has 3 heteroatoms. The molecule has 1 atom stereocenters. The molecule has 0 saturated heterocycles. The number of hydrogen-bond acceptors (Lipinski definition) is 2. The zero-order valence-electron chi connectivity index (χ0n) is 13.0. The molecular weight excluding hydrogens is 304 g/mol. The Hall–Kier alpha value is -0.120. The first-order chi connectivity index (χ1) is 8.77. The Labute approximate surface area is 127 Å². The number of hydrogen-bond donors (Lipinski definition) is 1. The molecule has 0 amide bonds. The second kappa shape index (κ2) is 9.73. The maximum absolute atomic E-state index is 9.84. The Morgan fingerprint density at radius 1 is 1.21 bits per heavy atom. The van der Waals surface area contributed by atoms with Crippen LogP contribution in [0.5, 0.6) is 0 Å². The van der Waals surface area contributed by atoms with Gasteiger partial charge in [0.15, 0.2) is 0 Å². The summed E-state index contributed by atoms with van der Waals surface area (Å²) in [5.41, 5.74) is 2.12. The predicted octanol–water partition coefficient (Wildman–Crippen LogP) is 4.62. The fourth-order valence-electron chi connectivity index (χ4n) is 1.68. The molecule has 112 valence electrons. The highest BCUT2D eigenvalue weighted by Gasteiger charge is 2.23. The van der Waals surface area contributed by atoms with Crippen LogP contribution in [0.3, 0.4) is 0 Å². The molecule has 2 nitrogen and oxygen atoms in total. The van der Waals surface area contributed by atoms with Crippen LogP contribution in [0, 0.1) is 0 Å². The van der Waals surface area contributed by atoms with Crippen LogP contribution in [0.2, 0.25) is 0 Å². The highest BCUT2D eigenvalue weighted by Crippen LogP contribution is 2.24. The molecule has 1 N–H and O–H groups in total. The lowest BCUT2D eigenvalue weighted by molar-refractivity contribution is 0.0774. The molecule has 0 rings (SSSR count). The first kappa shape index (κ1) is 18.9. The van der Waals surface area contributed by atoms with Crippen molar-refractivity contribution >= 4 is 15.9 Å². The van der Waals surface area contributed by atoms with Gasteiger partial charge in [-0.15, -0.1) is 0 Å². The minimum atomic E-state index is -0.653. The second-order valence-corrected chi connectivity index (χ2v) is 6.86. The number of allylic oxidation sites excluding steroid dienone is 3. The number of halogens is 1. The normalized spacial score (nSPS) is 15.7. The Kier molecular flexibility index (Phi) is 9.67. The van der Waals surface area contributed by atoms with Gasteiger partial charge in [-0.1, -0.05) is 39.2 Å². The third-order valence-corrected chi connectivity index (χ3v) is 4.77. The molecule has 0 radical (unpaired) electrons. The summed E-state index contributed by atoms with van der Waals surface area (Å²) < 4.78 is 5.02. The molecule has 0 bridgehead atoms. The number of aliphatic hydroxyl groups is 1. The van der Waals surface area contributed by atoms with Crippen LogP contribution in [0.25, 0.3) is 0 Å². The molecule has 0 aliphatic carbocycles. The van der Waals surface area contributed by atoms with E-state index in [1.165, 1.54) is 11.1 Å². The average molecular weight is 333 g/mol. The lowest BCUT2D eigenvalue weighted by atomic mass is 9.98. The largest absolute Gasteiger partial charge is 0.389 e. The van der Waals surface area contributed by atoms with Gasteiger partial charge in [0.1, 0.15) is 0 Å². The van der Waals surface area contributed by atoms with E-state index in [2.05, 4.69) is 41.9 Å². The first-order valence-electron chi connectivity index (χ1n) is 6.94. The summed E-state index contributed by atoms with van der Waals surface area (Å²) >= 11 is 3.55. The van der Waals surface area contributed by atoms with Gasteiger partial charge < -0.3 is 9.84 Å². The zero-order valence-corrected chi connectivity index (χ0v) is 14.6. The van der Waals surface area contributed by atoms with E-state index < -0.39 is 5.60 Å².